The largest absolute Gasteiger partial charge is 0.368 e. The topological polar surface area (TPSA) is 95.7 Å². The molecule has 0 spiro atoms. The Kier molecular flexibility index (Phi) is 5.75. The molecule has 1 aliphatic rings. The van der Waals surface area contributed by atoms with Crippen molar-refractivity contribution in [2.75, 3.05) is 20.1 Å². The van der Waals surface area contributed by atoms with Gasteiger partial charge in [0.1, 0.15) is 6.04 Å². The number of urea groups is 1. The number of nitrogens with zero attached hydrogens (tertiary/aromatic N) is 2. The Morgan fingerprint density at radius 3 is 2.48 bits per heavy atom. The van der Waals surface area contributed by atoms with Gasteiger partial charge in [0, 0.05) is 20.1 Å². The van der Waals surface area contributed by atoms with E-state index in [4.69, 9.17) is 5.73 Å². The van der Waals surface area contributed by atoms with Crippen LogP contribution >= 0.6 is 0 Å². The fraction of sp³-hybridized carbons (Fsp3) is 0.643. The van der Waals surface area contributed by atoms with Crippen LogP contribution in [0.4, 0.5) is 4.79 Å². The van der Waals surface area contributed by atoms with Gasteiger partial charge in [0.05, 0.1) is 6.04 Å². The minimum Gasteiger partial charge on any atom is -0.368 e. The molecular weight excluding hydrogens is 272 g/mol. The van der Waals surface area contributed by atoms with Gasteiger partial charge in [-0.15, -0.1) is 0 Å². The van der Waals surface area contributed by atoms with Gasteiger partial charge in [0.25, 0.3) is 0 Å². The van der Waals surface area contributed by atoms with Crippen LogP contribution in [0.25, 0.3) is 0 Å². The van der Waals surface area contributed by atoms with Gasteiger partial charge in [-0.1, -0.05) is 20.4 Å². The number of primary amides is 1. The number of amides is 4. The molecular formula is C14H24N4O3. The lowest BCUT2D eigenvalue weighted by atomic mass is 10.0. The molecule has 0 aromatic rings. The standard InChI is InChI=1S/C14H24N4O3/c1-5-11(19)16-8-10-6-7-18(10)14(21)17(4)12(9(2)3)13(15)20/h5,9-10,12H,1,6-8H2,2-4H3,(H2,15,20)(H,16,19)/t10-,12-/m0/s1. The molecule has 7 nitrogen and oxygen atoms in total. The zero-order chi connectivity index (χ0) is 16.2. The fourth-order valence-corrected chi connectivity index (χ4v) is 2.48. The molecule has 1 rings (SSSR count). The van der Waals surface area contributed by atoms with Crippen molar-refractivity contribution in [3.63, 3.8) is 0 Å². The summed E-state index contributed by atoms with van der Waals surface area (Å²) in [6, 6.07) is -0.928. The average molecular weight is 296 g/mol. The van der Waals surface area contributed by atoms with Crippen LogP contribution in [-0.2, 0) is 9.59 Å². The first-order valence-electron chi connectivity index (χ1n) is 7.02. The molecule has 1 aliphatic heterocycles. The van der Waals surface area contributed by atoms with Gasteiger partial charge in [-0.05, 0) is 18.4 Å². The molecule has 1 fully saturated rings. The molecule has 0 aromatic carbocycles. The number of carbonyl (C=O) groups is 3. The molecule has 0 aromatic heterocycles. The third-order valence-electron chi connectivity index (χ3n) is 3.73. The molecule has 7 heteroatoms. The Morgan fingerprint density at radius 2 is 2.10 bits per heavy atom. The molecule has 1 saturated heterocycles. The number of likely N-dealkylation sites (tertiary alicyclic amines) is 1. The Balaban J connectivity index is 2.63. The first-order valence-corrected chi connectivity index (χ1v) is 7.02. The van der Waals surface area contributed by atoms with Gasteiger partial charge < -0.3 is 20.9 Å². The Morgan fingerprint density at radius 1 is 1.48 bits per heavy atom. The Hall–Kier alpha value is -2.05. The summed E-state index contributed by atoms with van der Waals surface area (Å²) in [6.45, 7) is 8.06. The molecule has 1 heterocycles. The quantitative estimate of drug-likeness (QED) is 0.671. The zero-order valence-corrected chi connectivity index (χ0v) is 12.8. The van der Waals surface area contributed by atoms with Gasteiger partial charge >= 0.3 is 6.03 Å². The maximum absolute atomic E-state index is 12.4. The monoisotopic (exact) mass is 296 g/mol. The molecule has 0 saturated carbocycles. The summed E-state index contributed by atoms with van der Waals surface area (Å²) in [5, 5.41) is 2.67. The normalized spacial score (nSPS) is 18.7. The minimum atomic E-state index is -0.637. The average Bonchev–Trinajstić information content (AvgIpc) is 2.36. The van der Waals surface area contributed by atoms with E-state index in [0.717, 1.165) is 6.42 Å². The van der Waals surface area contributed by atoms with E-state index in [0.29, 0.717) is 13.1 Å². The van der Waals surface area contributed by atoms with Gasteiger partial charge in [-0.3, -0.25) is 9.59 Å². The van der Waals surface area contributed by atoms with Crippen LogP contribution < -0.4 is 11.1 Å². The number of nitrogens with one attached hydrogen (secondary N) is 1. The SMILES string of the molecule is C=CC(=O)NC[C@@H]1CCN1C(=O)N(C)[C@H](C(N)=O)C(C)C. The van der Waals surface area contributed by atoms with E-state index >= 15 is 0 Å². The third kappa shape index (κ3) is 3.96. The summed E-state index contributed by atoms with van der Waals surface area (Å²) in [7, 11) is 1.58. The lowest BCUT2D eigenvalue weighted by molar-refractivity contribution is -0.123. The first kappa shape index (κ1) is 17.0. The third-order valence-corrected chi connectivity index (χ3v) is 3.73. The maximum atomic E-state index is 12.4. The van der Waals surface area contributed by atoms with Gasteiger partial charge in [0.15, 0.2) is 0 Å². The maximum Gasteiger partial charge on any atom is 0.320 e. The summed E-state index contributed by atoms with van der Waals surface area (Å²) in [4.78, 5) is 38.1. The van der Waals surface area contributed by atoms with Crippen LogP contribution in [-0.4, -0.2) is 59.9 Å². The Labute approximate surface area is 125 Å². The van der Waals surface area contributed by atoms with Crippen LogP contribution in [0.15, 0.2) is 12.7 Å². The van der Waals surface area contributed by atoms with E-state index < -0.39 is 11.9 Å². The highest BCUT2D eigenvalue weighted by Gasteiger charge is 2.37. The van der Waals surface area contributed by atoms with E-state index in [1.807, 2.05) is 13.8 Å². The van der Waals surface area contributed by atoms with Crippen molar-refractivity contribution in [2.45, 2.75) is 32.4 Å². The van der Waals surface area contributed by atoms with Gasteiger partial charge in [-0.25, -0.2) is 4.79 Å². The second-order valence-corrected chi connectivity index (χ2v) is 5.57. The summed E-state index contributed by atoms with van der Waals surface area (Å²) in [6.07, 6.45) is 2.01. The number of rotatable bonds is 6. The zero-order valence-electron chi connectivity index (χ0n) is 12.8. The molecule has 21 heavy (non-hydrogen) atoms. The second-order valence-electron chi connectivity index (χ2n) is 5.57. The minimum absolute atomic E-state index is 0.0514. The van der Waals surface area contributed by atoms with E-state index in [1.54, 1.807) is 11.9 Å². The highest BCUT2D eigenvalue weighted by atomic mass is 16.2. The summed E-state index contributed by atoms with van der Waals surface area (Å²) in [5.74, 6) is -0.839. The van der Waals surface area contributed by atoms with Crippen LogP contribution in [0.5, 0.6) is 0 Å². The molecule has 118 valence electrons. The van der Waals surface area contributed by atoms with E-state index in [1.165, 1.54) is 11.0 Å². The molecule has 4 amide bonds. The van der Waals surface area contributed by atoms with Gasteiger partial charge in [0.2, 0.25) is 11.8 Å². The lowest BCUT2D eigenvalue weighted by Gasteiger charge is -2.44. The van der Waals surface area contributed by atoms with E-state index in [-0.39, 0.29) is 23.9 Å². The van der Waals surface area contributed by atoms with Crippen molar-refractivity contribution in [2.24, 2.45) is 11.7 Å². The summed E-state index contributed by atoms with van der Waals surface area (Å²) < 4.78 is 0. The van der Waals surface area contributed by atoms with Crippen LogP contribution in [0.1, 0.15) is 20.3 Å². The molecule has 3 N–H and O–H groups in total. The predicted molar refractivity (Wildman–Crippen MR) is 79.3 cm³/mol. The molecule has 0 unspecified atom stereocenters. The number of hydrogen-bond donors (Lipinski definition) is 2. The first-order chi connectivity index (χ1) is 9.79. The van der Waals surface area contributed by atoms with Crippen LogP contribution in [0.3, 0.4) is 0 Å². The lowest BCUT2D eigenvalue weighted by Crippen LogP contribution is -2.61. The number of likely N-dealkylation sites (N-methyl/N-ethyl adjacent to an activating group) is 1. The number of carbonyl (C=O) groups excluding carboxylic acids is 3. The van der Waals surface area contributed by atoms with Crippen molar-refractivity contribution in [3.05, 3.63) is 12.7 Å². The van der Waals surface area contributed by atoms with Crippen molar-refractivity contribution < 1.29 is 14.4 Å². The highest BCUT2D eigenvalue weighted by Crippen LogP contribution is 2.20. The van der Waals surface area contributed by atoms with Crippen LogP contribution in [0.2, 0.25) is 0 Å². The van der Waals surface area contributed by atoms with Crippen molar-refractivity contribution in [3.8, 4) is 0 Å². The van der Waals surface area contributed by atoms with Crippen molar-refractivity contribution in [1.82, 2.24) is 15.1 Å². The van der Waals surface area contributed by atoms with Crippen molar-refractivity contribution >= 4 is 17.8 Å². The van der Waals surface area contributed by atoms with E-state index in [2.05, 4.69) is 11.9 Å². The fourth-order valence-electron chi connectivity index (χ4n) is 2.48. The van der Waals surface area contributed by atoms with Gasteiger partial charge in [-0.2, -0.15) is 0 Å². The van der Waals surface area contributed by atoms with E-state index in [9.17, 15) is 14.4 Å². The summed E-state index contributed by atoms with van der Waals surface area (Å²) >= 11 is 0. The molecule has 0 bridgehead atoms. The summed E-state index contributed by atoms with van der Waals surface area (Å²) in [5.41, 5.74) is 5.37. The smallest absolute Gasteiger partial charge is 0.320 e. The van der Waals surface area contributed by atoms with Crippen LogP contribution in [0, 0.1) is 5.92 Å². The Bertz CT molecular complexity index is 436. The molecule has 0 radical (unpaired) electrons. The highest BCUT2D eigenvalue weighted by molar-refractivity contribution is 5.87. The second kappa shape index (κ2) is 7.10. The molecule has 2 atom stereocenters. The molecule has 0 aliphatic carbocycles. The predicted octanol–water partition coefficient (Wildman–Crippen LogP) is -0.0754. The number of hydrogen-bond acceptors (Lipinski definition) is 3. The van der Waals surface area contributed by atoms with Crippen molar-refractivity contribution in [1.29, 1.82) is 0 Å². The number of nitrogens with two attached hydrogens (primary N) is 1.